The van der Waals surface area contributed by atoms with Gasteiger partial charge in [0, 0.05) is 22.9 Å². The van der Waals surface area contributed by atoms with Crippen molar-refractivity contribution < 1.29 is 4.79 Å². The summed E-state index contributed by atoms with van der Waals surface area (Å²) in [5.74, 6) is 12.1. The first-order valence-electron chi connectivity index (χ1n) is 5.93. The van der Waals surface area contributed by atoms with Gasteiger partial charge in [0.15, 0.2) is 0 Å². The van der Waals surface area contributed by atoms with Crippen molar-refractivity contribution in [2.75, 3.05) is 0 Å². The molecular formula is C17H12OS. The number of hydrogen-bond acceptors (Lipinski definition) is 2. The van der Waals surface area contributed by atoms with Gasteiger partial charge in [-0.1, -0.05) is 48.5 Å². The highest BCUT2D eigenvalue weighted by Gasteiger charge is 2.07. The predicted molar refractivity (Wildman–Crippen MR) is 81.1 cm³/mol. The van der Waals surface area contributed by atoms with E-state index in [0.29, 0.717) is 12.8 Å². The van der Waals surface area contributed by atoms with Crippen LogP contribution >= 0.6 is 11.3 Å². The number of thiophene rings is 1. The van der Waals surface area contributed by atoms with Crippen molar-refractivity contribution in [2.45, 2.75) is 12.8 Å². The molecule has 0 unspecified atom stereocenters. The molecule has 2 heteroatoms. The summed E-state index contributed by atoms with van der Waals surface area (Å²) in [5, 5.41) is 1.13. The summed E-state index contributed by atoms with van der Waals surface area (Å²) in [6, 6.07) is 8.12. The van der Waals surface area contributed by atoms with Crippen molar-refractivity contribution in [3.8, 4) is 23.7 Å². The zero-order chi connectivity index (χ0) is 13.5. The molecule has 0 aliphatic heterocycles. The van der Waals surface area contributed by atoms with Crippen molar-refractivity contribution in [3.05, 3.63) is 47.4 Å². The third-order valence-corrected chi connectivity index (χ3v) is 3.57. The first kappa shape index (κ1) is 13.1. The van der Waals surface area contributed by atoms with Crippen LogP contribution in [0.15, 0.2) is 36.9 Å². The van der Waals surface area contributed by atoms with Gasteiger partial charge in [-0.2, -0.15) is 0 Å². The molecule has 0 bridgehead atoms. The number of aldehydes is 1. The second kappa shape index (κ2) is 6.59. The highest BCUT2D eigenvalue weighted by molar-refractivity contribution is 7.19. The zero-order valence-corrected chi connectivity index (χ0v) is 11.2. The number of unbranched alkanes of at least 4 members (excludes halogenated alkanes) is 1. The summed E-state index contributed by atoms with van der Waals surface area (Å²) in [4.78, 5) is 11.2. The largest absolute Gasteiger partial charge is 0.303 e. The van der Waals surface area contributed by atoms with Gasteiger partial charge in [-0.15, -0.1) is 11.3 Å². The van der Waals surface area contributed by atoms with E-state index in [1.54, 1.807) is 17.4 Å². The summed E-state index contributed by atoms with van der Waals surface area (Å²) in [5.41, 5.74) is 0.958. The lowest BCUT2D eigenvalue weighted by Gasteiger charge is -1.89. The van der Waals surface area contributed by atoms with Gasteiger partial charge >= 0.3 is 0 Å². The first-order chi connectivity index (χ1) is 9.36. The van der Waals surface area contributed by atoms with Gasteiger partial charge < -0.3 is 4.79 Å². The van der Waals surface area contributed by atoms with Crippen LogP contribution in [0.25, 0.3) is 10.1 Å². The Labute approximate surface area is 117 Å². The molecule has 0 spiro atoms. The summed E-state index contributed by atoms with van der Waals surface area (Å²) in [6.07, 6.45) is 3.53. The Kier molecular flexibility index (Phi) is 4.56. The van der Waals surface area contributed by atoms with Crippen molar-refractivity contribution in [1.82, 2.24) is 0 Å². The molecule has 1 heterocycles. The molecule has 1 aromatic carbocycles. The molecule has 0 saturated heterocycles. The van der Waals surface area contributed by atoms with Crippen LogP contribution in [0.3, 0.4) is 0 Å². The minimum Gasteiger partial charge on any atom is -0.303 e. The SMILES string of the molecule is C=CC#Cc1c(C#CCCC=O)sc2ccccc12. The second-order valence-electron chi connectivity index (χ2n) is 3.78. The monoisotopic (exact) mass is 264 g/mol. The molecule has 2 aromatic rings. The molecule has 2 rings (SSSR count). The Bertz CT molecular complexity index is 729. The second-order valence-corrected chi connectivity index (χ2v) is 4.84. The maximum atomic E-state index is 10.3. The maximum Gasteiger partial charge on any atom is 0.120 e. The molecule has 0 saturated carbocycles. The molecule has 1 aromatic heterocycles. The third kappa shape index (κ3) is 3.13. The van der Waals surface area contributed by atoms with E-state index in [1.807, 2.05) is 12.1 Å². The Hall–Kier alpha value is -2.29. The maximum absolute atomic E-state index is 10.3. The zero-order valence-electron chi connectivity index (χ0n) is 10.4. The topological polar surface area (TPSA) is 17.1 Å². The fraction of sp³-hybridized carbons (Fsp3) is 0.118. The number of allylic oxidation sites excluding steroid dienone is 1. The van der Waals surface area contributed by atoms with Crippen LogP contribution in [0.2, 0.25) is 0 Å². The number of fused-ring (bicyclic) bond motifs is 1. The van der Waals surface area contributed by atoms with E-state index in [9.17, 15) is 4.79 Å². The first-order valence-corrected chi connectivity index (χ1v) is 6.75. The molecule has 92 valence electrons. The van der Waals surface area contributed by atoms with E-state index >= 15 is 0 Å². The van der Waals surface area contributed by atoms with Gasteiger partial charge in [-0.3, -0.25) is 0 Å². The normalized spacial score (nSPS) is 9.05. The Balaban J connectivity index is 2.48. The van der Waals surface area contributed by atoms with Crippen molar-refractivity contribution in [1.29, 1.82) is 0 Å². The van der Waals surface area contributed by atoms with Gasteiger partial charge in [0.05, 0.1) is 10.4 Å². The average molecular weight is 264 g/mol. The van der Waals surface area contributed by atoms with Gasteiger partial charge in [0.1, 0.15) is 6.29 Å². The van der Waals surface area contributed by atoms with E-state index in [4.69, 9.17) is 0 Å². The molecule has 0 radical (unpaired) electrons. The standard InChI is InChI=1S/C17H12OS/c1-2-3-9-14-15-10-6-7-12-17(15)19-16(14)11-5-4-8-13-18/h2,6-7,10,12-13H,1,4,8H2. The number of hydrogen-bond donors (Lipinski definition) is 0. The minimum absolute atomic E-state index is 0.478. The van der Waals surface area contributed by atoms with Gasteiger partial charge in [0.2, 0.25) is 0 Å². The Morgan fingerprint density at radius 3 is 2.89 bits per heavy atom. The average Bonchev–Trinajstić information content (AvgIpc) is 2.79. The summed E-state index contributed by atoms with van der Waals surface area (Å²) >= 11 is 1.63. The third-order valence-electron chi connectivity index (χ3n) is 2.48. The molecular weight excluding hydrogens is 252 g/mol. The number of carbonyl (C=O) groups excluding carboxylic acids is 1. The van der Waals surface area contributed by atoms with Crippen LogP contribution in [0.4, 0.5) is 0 Å². The quantitative estimate of drug-likeness (QED) is 0.458. The molecule has 19 heavy (non-hydrogen) atoms. The van der Waals surface area contributed by atoms with Gasteiger partial charge in [0.25, 0.3) is 0 Å². The van der Waals surface area contributed by atoms with Crippen LogP contribution in [0, 0.1) is 23.7 Å². The smallest absolute Gasteiger partial charge is 0.120 e. The lowest BCUT2D eigenvalue weighted by molar-refractivity contribution is -0.107. The lowest BCUT2D eigenvalue weighted by atomic mass is 10.1. The fourth-order valence-electron chi connectivity index (χ4n) is 1.65. The minimum atomic E-state index is 0.478. The molecule has 0 aliphatic carbocycles. The van der Waals surface area contributed by atoms with Gasteiger partial charge in [-0.25, -0.2) is 0 Å². The molecule has 0 aliphatic rings. The molecule has 0 amide bonds. The Morgan fingerprint density at radius 2 is 2.11 bits per heavy atom. The van der Waals surface area contributed by atoms with Crippen LogP contribution in [0.5, 0.6) is 0 Å². The highest BCUT2D eigenvalue weighted by atomic mass is 32.1. The lowest BCUT2D eigenvalue weighted by Crippen LogP contribution is -1.76. The molecule has 0 fully saturated rings. The fourth-order valence-corrected chi connectivity index (χ4v) is 2.69. The molecule has 0 N–H and O–H groups in total. The van der Waals surface area contributed by atoms with E-state index < -0.39 is 0 Å². The number of carbonyl (C=O) groups is 1. The highest BCUT2D eigenvalue weighted by Crippen LogP contribution is 2.30. The number of benzene rings is 1. The van der Waals surface area contributed by atoms with Crippen molar-refractivity contribution >= 4 is 27.7 Å². The molecule has 1 nitrogen and oxygen atoms in total. The molecule has 0 atom stereocenters. The van der Waals surface area contributed by atoms with E-state index in [2.05, 4.69) is 42.4 Å². The van der Waals surface area contributed by atoms with Crippen LogP contribution < -0.4 is 0 Å². The Morgan fingerprint density at radius 1 is 1.26 bits per heavy atom. The van der Waals surface area contributed by atoms with Crippen molar-refractivity contribution in [3.63, 3.8) is 0 Å². The van der Waals surface area contributed by atoms with Crippen molar-refractivity contribution in [2.24, 2.45) is 0 Å². The number of rotatable bonds is 2. The van der Waals surface area contributed by atoms with E-state index in [0.717, 1.165) is 22.1 Å². The van der Waals surface area contributed by atoms with Crippen LogP contribution in [0.1, 0.15) is 23.3 Å². The summed E-state index contributed by atoms with van der Waals surface area (Å²) in [6.45, 7) is 3.61. The van der Waals surface area contributed by atoms with E-state index in [-0.39, 0.29) is 0 Å². The summed E-state index contributed by atoms with van der Waals surface area (Å²) in [7, 11) is 0. The predicted octanol–water partition coefficient (Wildman–Crippen LogP) is 3.77. The van der Waals surface area contributed by atoms with Gasteiger partial charge in [-0.05, 0) is 12.1 Å². The van der Waals surface area contributed by atoms with Crippen LogP contribution in [-0.2, 0) is 4.79 Å². The van der Waals surface area contributed by atoms with E-state index in [1.165, 1.54) is 4.70 Å². The van der Waals surface area contributed by atoms with Crippen LogP contribution in [-0.4, -0.2) is 6.29 Å². The summed E-state index contributed by atoms with van der Waals surface area (Å²) < 4.78 is 1.18.